The molecule has 0 amide bonds. The molecule has 0 radical (unpaired) electrons. The molecule has 4 rings (SSSR count). The van der Waals surface area contributed by atoms with E-state index in [4.69, 9.17) is 18.7 Å². The van der Waals surface area contributed by atoms with Gasteiger partial charge in [-0.3, -0.25) is 0 Å². The Morgan fingerprint density at radius 1 is 1.07 bits per heavy atom. The van der Waals surface area contributed by atoms with Crippen LogP contribution in [0.25, 0.3) is 17.2 Å². The molecular formula is C16H15N7O4. The van der Waals surface area contributed by atoms with Gasteiger partial charge < -0.3 is 18.7 Å². The minimum Gasteiger partial charge on any atom is -0.495 e. The molecule has 4 aromatic rings. The van der Waals surface area contributed by atoms with Crippen LogP contribution in [0.15, 0.2) is 28.9 Å². The molecule has 0 bridgehead atoms. The summed E-state index contributed by atoms with van der Waals surface area (Å²) in [6.45, 7) is 1.92. The SMILES string of the molecule is COc1cnnc(COc2nn3c(-c4cc(C)on4)nnc3cc2OC)c1. The fourth-order valence-electron chi connectivity index (χ4n) is 2.39. The smallest absolute Gasteiger partial charge is 0.275 e. The van der Waals surface area contributed by atoms with Crippen LogP contribution in [-0.2, 0) is 6.61 Å². The fraction of sp³-hybridized carbons (Fsp3) is 0.250. The van der Waals surface area contributed by atoms with Crippen molar-refractivity contribution in [1.82, 2.24) is 35.2 Å². The molecule has 0 saturated carbocycles. The Balaban J connectivity index is 1.68. The molecule has 0 aliphatic carbocycles. The second-order valence-electron chi connectivity index (χ2n) is 5.51. The molecule has 11 nitrogen and oxygen atoms in total. The van der Waals surface area contributed by atoms with Crippen molar-refractivity contribution >= 4 is 5.65 Å². The van der Waals surface area contributed by atoms with Crippen LogP contribution in [-0.4, -0.2) is 49.4 Å². The highest BCUT2D eigenvalue weighted by molar-refractivity contribution is 5.56. The molecule has 0 aliphatic rings. The Labute approximate surface area is 152 Å². The van der Waals surface area contributed by atoms with Gasteiger partial charge in [0.1, 0.15) is 23.8 Å². The van der Waals surface area contributed by atoms with Crippen LogP contribution >= 0.6 is 0 Å². The number of methoxy groups -OCH3 is 2. The molecule has 4 aromatic heterocycles. The lowest BCUT2D eigenvalue weighted by atomic mass is 10.3. The topological polar surface area (TPSA) is 123 Å². The van der Waals surface area contributed by atoms with Gasteiger partial charge in [0.2, 0.25) is 5.82 Å². The molecule has 138 valence electrons. The molecule has 0 aliphatic heterocycles. The zero-order valence-corrected chi connectivity index (χ0v) is 14.8. The average molecular weight is 369 g/mol. The number of aryl methyl sites for hydroxylation is 1. The molecule has 27 heavy (non-hydrogen) atoms. The van der Waals surface area contributed by atoms with Crippen LogP contribution < -0.4 is 14.2 Å². The van der Waals surface area contributed by atoms with Gasteiger partial charge in [0.25, 0.3) is 5.88 Å². The lowest BCUT2D eigenvalue weighted by Crippen LogP contribution is -2.06. The Morgan fingerprint density at radius 2 is 1.96 bits per heavy atom. The van der Waals surface area contributed by atoms with Crippen molar-refractivity contribution in [2.45, 2.75) is 13.5 Å². The van der Waals surface area contributed by atoms with Crippen molar-refractivity contribution < 1.29 is 18.7 Å². The van der Waals surface area contributed by atoms with Crippen molar-refractivity contribution in [3.63, 3.8) is 0 Å². The standard InChI is InChI=1S/C16H15N7O4/c1-9-4-12(22-27-9)15-20-19-14-6-13(25-3)16(21-23(14)15)26-8-10-5-11(24-2)7-17-18-10/h4-7H,8H2,1-3H3. The maximum absolute atomic E-state index is 5.77. The summed E-state index contributed by atoms with van der Waals surface area (Å²) in [5, 5.41) is 24.4. The van der Waals surface area contributed by atoms with E-state index in [1.807, 2.05) is 0 Å². The zero-order chi connectivity index (χ0) is 18.8. The summed E-state index contributed by atoms with van der Waals surface area (Å²) in [7, 11) is 3.07. The maximum atomic E-state index is 5.77. The second-order valence-corrected chi connectivity index (χ2v) is 5.51. The number of aromatic nitrogens is 7. The highest BCUT2D eigenvalue weighted by Gasteiger charge is 2.18. The Hall–Kier alpha value is -3.76. The van der Waals surface area contributed by atoms with Crippen molar-refractivity contribution in [2.75, 3.05) is 14.2 Å². The summed E-state index contributed by atoms with van der Waals surface area (Å²) < 4.78 is 22.8. The molecule has 11 heteroatoms. The third kappa shape index (κ3) is 3.21. The molecule has 0 spiro atoms. The predicted octanol–water partition coefficient (Wildman–Crippen LogP) is 1.47. The van der Waals surface area contributed by atoms with Gasteiger partial charge in [-0.25, -0.2) is 0 Å². The third-order valence-electron chi connectivity index (χ3n) is 3.68. The van der Waals surface area contributed by atoms with E-state index in [2.05, 4.69) is 30.7 Å². The number of rotatable bonds is 6. The Morgan fingerprint density at radius 3 is 2.70 bits per heavy atom. The van der Waals surface area contributed by atoms with Gasteiger partial charge in [0.15, 0.2) is 17.1 Å². The lowest BCUT2D eigenvalue weighted by molar-refractivity contribution is 0.262. The zero-order valence-electron chi connectivity index (χ0n) is 14.8. The fourth-order valence-corrected chi connectivity index (χ4v) is 2.39. The Bertz CT molecular complexity index is 1090. The molecule has 0 fully saturated rings. The summed E-state index contributed by atoms with van der Waals surface area (Å²) >= 11 is 0. The van der Waals surface area contributed by atoms with E-state index in [0.717, 1.165) is 0 Å². The number of hydrogen-bond acceptors (Lipinski definition) is 10. The average Bonchev–Trinajstić information content (AvgIpc) is 3.31. The molecule has 4 heterocycles. The van der Waals surface area contributed by atoms with E-state index in [-0.39, 0.29) is 12.5 Å². The van der Waals surface area contributed by atoms with E-state index in [9.17, 15) is 0 Å². The highest BCUT2D eigenvalue weighted by atomic mass is 16.5. The minimum atomic E-state index is 0.125. The molecule has 0 atom stereocenters. The van der Waals surface area contributed by atoms with Gasteiger partial charge in [0.05, 0.1) is 20.4 Å². The van der Waals surface area contributed by atoms with Crippen LogP contribution in [0.1, 0.15) is 11.5 Å². The molecule has 0 saturated heterocycles. The van der Waals surface area contributed by atoms with E-state index in [1.165, 1.54) is 17.8 Å². The number of fused-ring (bicyclic) bond motifs is 1. The van der Waals surface area contributed by atoms with Gasteiger partial charge >= 0.3 is 0 Å². The summed E-state index contributed by atoms with van der Waals surface area (Å²) in [6.07, 6.45) is 1.51. The van der Waals surface area contributed by atoms with Gasteiger partial charge in [-0.15, -0.1) is 15.3 Å². The first-order valence-corrected chi connectivity index (χ1v) is 7.90. The van der Waals surface area contributed by atoms with Gasteiger partial charge in [-0.2, -0.15) is 14.7 Å². The molecule has 0 unspecified atom stereocenters. The van der Waals surface area contributed by atoms with Crippen molar-refractivity contribution in [3.05, 3.63) is 35.9 Å². The molecular weight excluding hydrogens is 354 g/mol. The summed E-state index contributed by atoms with van der Waals surface area (Å²) in [6, 6.07) is 5.14. The van der Waals surface area contributed by atoms with Gasteiger partial charge in [-0.05, 0) is 6.92 Å². The number of ether oxygens (including phenoxy) is 3. The van der Waals surface area contributed by atoms with Crippen molar-refractivity contribution in [3.8, 4) is 28.9 Å². The quantitative estimate of drug-likeness (QED) is 0.493. The summed E-state index contributed by atoms with van der Waals surface area (Å²) in [5.41, 5.74) is 1.58. The van der Waals surface area contributed by atoms with Crippen LogP contribution in [0.5, 0.6) is 17.4 Å². The van der Waals surface area contributed by atoms with Crippen molar-refractivity contribution in [1.29, 1.82) is 0 Å². The van der Waals surface area contributed by atoms with Crippen molar-refractivity contribution in [2.24, 2.45) is 0 Å². The van der Waals surface area contributed by atoms with Crippen LogP contribution in [0.4, 0.5) is 0 Å². The third-order valence-corrected chi connectivity index (χ3v) is 3.68. The van der Waals surface area contributed by atoms with E-state index in [0.29, 0.717) is 40.1 Å². The summed E-state index contributed by atoms with van der Waals surface area (Å²) in [5.74, 6) is 2.32. The van der Waals surface area contributed by atoms with E-state index >= 15 is 0 Å². The first kappa shape index (κ1) is 16.7. The van der Waals surface area contributed by atoms with Crippen LogP contribution in [0.3, 0.4) is 0 Å². The van der Waals surface area contributed by atoms with Crippen LogP contribution in [0, 0.1) is 6.92 Å². The van der Waals surface area contributed by atoms with E-state index in [1.54, 1.807) is 32.2 Å². The minimum absolute atomic E-state index is 0.125. The molecule has 0 N–H and O–H groups in total. The maximum Gasteiger partial charge on any atom is 0.275 e. The van der Waals surface area contributed by atoms with Gasteiger partial charge in [0, 0.05) is 18.2 Å². The number of nitrogens with zero attached hydrogens (tertiary/aromatic N) is 7. The first-order chi connectivity index (χ1) is 13.2. The monoisotopic (exact) mass is 369 g/mol. The lowest BCUT2D eigenvalue weighted by Gasteiger charge is -2.09. The highest BCUT2D eigenvalue weighted by Crippen LogP contribution is 2.28. The first-order valence-electron chi connectivity index (χ1n) is 7.90. The second kappa shape index (κ2) is 6.86. The largest absolute Gasteiger partial charge is 0.495 e. The van der Waals surface area contributed by atoms with Gasteiger partial charge in [-0.1, -0.05) is 5.16 Å². The summed E-state index contributed by atoms with van der Waals surface area (Å²) in [4.78, 5) is 0. The normalized spacial score (nSPS) is 10.9. The predicted molar refractivity (Wildman–Crippen MR) is 90.5 cm³/mol. The molecule has 0 aromatic carbocycles. The number of hydrogen-bond donors (Lipinski definition) is 0. The Kier molecular flexibility index (Phi) is 4.24. The van der Waals surface area contributed by atoms with E-state index < -0.39 is 0 Å². The van der Waals surface area contributed by atoms with Crippen LogP contribution in [0.2, 0.25) is 0 Å².